The van der Waals surface area contributed by atoms with E-state index in [-0.39, 0.29) is 23.5 Å². The fourth-order valence-electron chi connectivity index (χ4n) is 3.20. The molecule has 28 heavy (non-hydrogen) atoms. The van der Waals surface area contributed by atoms with Gasteiger partial charge in [0.25, 0.3) is 11.1 Å². The Morgan fingerprint density at radius 2 is 2.00 bits per heavy atom. The molecule has 1 saturated carbocycles. The molecule has 8 nitrogen and oxygen atoms in total. The molecule has 1 atom stereocenters. The van der Waals surface area contributed by atoms with Crippen LogP contribution < -0.4 is 10.6 Å². The summed E-state index contributed by atoms with van der Waals surface area (Å²) in [6.45, 7) is 4.55. The molecule has 0 bridgehead atoms. The maximum atomic E-state index is 13.0. The molecule has 1 aliphatic carbocycles. The summed E-state index contributed by atoms with van der Waals surface area (Å²) in [7, 11) is 3.45. The van der Waals surface area contributed by atoms with Gasteiger partial charge < -0.3 is 19.8 Å². The van der Waals surface area contributed by atoms with Crippen molar-refractivity contribution in [3.63, 3.8) is 0 Å². The van der Waals surface area contributed by atoms with Crippen molar-refractivity contribution in [1.82, 2.24) is 20.8 Å². The average Bonchev–Trinajstić information content (AvgIpc) is 3.16. The van der Waals surface area contributed by atoms with Crippen molar-refractivity contribution < 1.29 is 18.7 Å². The minimum atomic E-state index is -0.764. The van der Waals surface area contributed by atoms with E-state index in [0.717, 1.165) is 38.0 Å². The number of carbonyl (C=O) groups is 2. The third-order valence-corrected chi connectivity index (χ3v) is 5.87. The lowest BCUT2D eigenvalue weighted by atomic mass is 9.88. The Hall–Kier alpha value is -1.45. The first kappa shape index (κ1) is 22.8. The second kappa shape index (κ2) is 10.9. The van der Waals surface area contributed by atoms with E-state index in [0.29, 0.717) is 11.6 Å². The van der Waals surface area contributed by atoms with Gasteiger partial charge in [0.1, 0.15) is 6.04 Å². The van der Waals surface area contributed by atoms with Gasteiger partial charge in [0.2, 0.25) is 11.7 Å². The van der Waals surface area contributed by atoms with E-state index < -0.39 is 11.6 Å². The van der Waals surface area contributed by atoms with E-state index in [2.05, 4.69) is 20.8 Å². The highest BCUT2D eigenvalue weighted by molar-refractivity contribution is 7.99. The highest BCUT2D eigenvalue weighted by Crippen LogP contribution is 2.25. The fraction of sp³-hybridized carbons (Fsp3) is 0.789. The number of hydrogen-bond donors (Lipinski definition) is 2. The topological polar surface area (TPSA) is 106 Å². The Kier molecular flexibility index (Phi) is 8.91. The van der Waals surface area contributed by atoms with Crippen molar-refractivity contribution in [3.05, 3.63) is 5.89 Å². The van der Waals surface area contributed by atoms with Crippen molar-refractivity contribution in [3.8, 4) is 0 Å². The molecule has 2 N–H and O–H groups in total. The lowest BCUT2D eigenvalue weighted by Crippen LogP contribution is -2.48. The maximum Gasteiger partial charge on any atom is 0.286 e. The van der Waals surface area contributed by atoms with E-state index in [4.69, 9.17) is 9.15 Å². The van der Waals surface area contributed by atoms with Gasteiger partial charge in [0.15, 0.2) is 0 Å². The first-order chi connectivity index (χ1) is 13.4. The minimum absolute atomic E-state index is 0.0370. The molecule has 1 unspecified atom stereocenters. The predicted octanol–water partition coefficient (Wildman–Crippen LogP) is 2.44. The number of ether oxygens (including phenoxy) is 1. The largest absolute Gasteiger partial charge is 0.408 e. The number of hydrogen-bond acceptors (Lipinski definition) is 8. The number of Topliss-reactive ketones (excluding diaryl/α,β-unsaturated/α-hetero) is 1. The van der Waals surface area contributed by atoms with Gasteiger partial charge in [-0.3, -0.25) is 9.59 Å². The predicted molar refractivity (Wildman–Crippen MR) is 107 cm³/mol. The van der Waals surface area contributed by atoms with Gasteiger partial charge in [-0.05, 0) is 33.7 Å². The zero-order valence-electron chi connectivity index (χ0n) is 17.2. The van der Waals surface area contributed by atoms with Crippen LogP contribution in [0.3, 0.4) is 0 Å². The second-order valence-electron chi connectivity index (χ2n) is 7.75. The smallest absolute Gasteiger partial charge is 0.286 e. The first-order valence-corrected chi connectivity index (χ1v) is 10.9. The van der Waals surface area contributed by atoms with Crippen LogP contribution in [0, 0.1) is 5.92 Å². The molecule has 1 aromatic rings. The van der Waals surface area contributed by atoms with E-state index in [1.165, 1.54) is 18.2 Å². The van der Waals surface area contributed by atoms with Gasteiger partial charge in [-0.15, -0.1) is 10.2 Å². The van der Waals surface area contributed by atoms with Crippen molar-refractivity contribution >= 4 is 23.5 Å². The zero-order chi connectivity index (χ0) is 20.6. The van der Waals surface area contributed by atoms with Crippen LogP contribution in [0.15, 0.2) is 9.64 Å². The fourth-order valence-corrected chi connectivity index (χ4v) is 3.91. The normalized spacial score (nSPS) is 16.7. The Labute approximate surface area is 170 Å². The van der Waals surface area contributed by atoms with E-state index >= 15 is 0 Å². The van der Waals surface area contributed by atoms with Gasteiger partial charge in [-0.1, -0.05) is 31.0 Å². The van der Waals surface area contributed by atoms with Crippen LogP contribution in [0.25, 0.3) is 0 Å². The SMILES string of the molecule is CNCCSc1nnc(C(=O)C(CC(C)(C)OC)NC(=O)C2CCCCC2)o1. The number of rotatable bonds is 11. The molecule has 0 aliphatic heterocycles. The van der Waals surface area contributed by atoms with Gasteiger partial charge in [0.05, 0.1) is 5.60 Å². The number of ketones is 1. The van der Waals surface area contributed by atoms with Crippen molar-refractivity contribution in [2.45, 2.75) is 69.2 Å². The minimum Gasteiger partial charge on any atom is -0.408 e. The van der Waals surface area contributed by atoms with E-state index in [9.17, 15) is 9.59 Å². The highest BCUT2D eigenvalue weighted by Gasteiger charge is 2.34. The molecular weight excluding hydrogens is 380 g/mol. The van der Waals surface area contributed by atoms with Gasteiger partial charge in [-0.2, -0.15) is 0 Å². The molecule has 1 aromatic heterocycles. The summed E-state index contributed by atoms with van der Waals surface area (Å²) in [6, 6.07) is -0.764. The molecule has 1 heterocycles. The lowest BCUT2D eigenvalue weighted by molar-refractivity contribution is -0.126. The number of methoxy groups -OCH3 is 1. The molecule has 0 saturated heterocycles. The Balaban J connectivity index is 2.08. The Morgan fingerprint density at radius 1 is 1.29 bits per heavy atom. The van der Waals surface area contributed by atoms with E-state index in [1.807, 2.05) is 20.9 Å². The summed E-state index contributed by atoms with van der Waals surface area (Å²) in [6.07, 6.45) is 5.33. The Bertz CT molecular complexity index is 644. The average molecular weight is 413 g/mol. The molecule has 1 amide bonds. The molecule has 0 spiro atoms. The summed E-state index contributed by atoms with van der Waals surface area (Å²) in [5.41, 5.74) is -0.579. The zero-order valence-corrected chi connectivity index (χ0v) is 18.1. The number of amides is 1. The summed E-state index contributed by atoms with van der Waals surface area (Å²) >= 11 is 1.38. The molecule has 1 fully saturated rings. The van der Waals surface area contributed by atoms with Crippen molar-refractivity contribution in [2.24, 2.45) is 5.92 Å². The number of thioether (sulfide) groups is 1. The monoisotopic (exact) mass is 412 g/mol. The maximum absolute atomic E-state index is 13.0. The van der Waals surface area contributed by atoms with Crippen LogP contribution in [0.2, 0.25) is 0 Å². The molecule has 0 radical (unpaired) electrons. The van der Waals surface area contributed by atoms with Crippen LogP contribution >= 0.6 is 11.8 Å². The molecule has 158 valence electrons. The second-order valence-corrected chi connectivity index (χ2v) is 8.80. The van der Waals surface area contributed by atoms with E-state index in [1.54, 1.807) is 7.11 Å². The molecular formula is C19H32N4O4S. The van der Waals surface area contributed by atoms with Gasteiger partial charge >= 0.3 is 0 Å². The highest BCUT2D eigenvalue weighted by atomic mass is 32.2. The third kappa shape index (κ3) is 6.86. The van der Waals surface area contributed by atoms with Crippen molar-refractivity contribution in [1.29, 1.82) is 0 Å². The number of nitrogens with one attached hydrogen (secondary N) is 2. The van der Waals surface area contributed by atoms with Gasteiger partial charge in [-0.25, -0.2) is 0 Å². The summed E-state index contributed by atoms with van der Waals surface area (Å²) in [5.74, 6) is 0.193. The first-order valence-electron chi connectivity index (χ1n) is 9.87. The summed E-state index contributed by atoms with van der Waals surface area (Å²) in [5, 5.41) is 14.1. The lowest BCUT2D eigenvalue weighted by Gasteiger charge is -2.29. The van der Waals surface area contributed by atoms with Gasteiger partial charge in [0, 0.05) is 31.7 Å². The van der Waals surface area contributed by atoms with Crippen LogP contribution in [-0.2, 0) is 9.53 Å². The number of nitrogens with zero attached hydrogens (tertiary/aromatic N) is 2. The molecule has 0 aromatic carbocycles. The Morgan fingerprint density at radius 3 is 2.64 bits per heavy atom. The third-order valence-electron chi connectivity index (χ3n) is 5.05. The van der Waals surface area contributed by atoms with Crippen LogP contribution in [-0.4, -0.2) is 60.0 Å². The molecule has 1 aliphatic rings. The van der Waals surface area contributed by atoms with Crippen molar-refractivity contribution in [2.75, 3.05) is 26.5 Å². The summed E-state index contributed by atoms with van der Waals surface area (Å²) in [4.78, 5) is 25.7. The van der Waals surface area contributed by atoms with Crippen LogP contribution in [0.4, 0.5) is 0 Å². The quantitative estimate of drug-likeness (QED) is 0.324. The standard InChI is InChI=1S/C19H32N4O4S/c1-19(2,26-4)12-14(21-16(25)13-8-6-5-7-9-13)15(24)17-22-23-18(27-17)28-11-10-20-3/h13-14,20H,5-12H2,1-4H3,(H,21,25). The van der Waals surface area contributed by atoms with Crippen LogP contribution in [0.5, 0.6) is 0 Å². The molecule has 2 rings (SSSR count). The van der Waals surface area contributed by atoms with Crippen LogP contribution in [0.1, 0.15) is 63.1 Å². The summed E-state index contributed by atoms with van der Waals surface area (Å²) < 4.78 is 11.0. The molecule has 9 heteroatoms. The number of carbonyl (C=O) groups excluding carboxylic acids is 2. The number of aromatic nitrogens is 2.